The quantitative estimate of drug-likeness (QED) is 0.633. The number of nitrogens with zero attached hydrogens (tertiary/aromatic N) is 5. The average molecular weight is 392 g/mol. The van der Waals surface area contributed by atoms with Crippen molar-refractivity contribution in [3.63, 3.8) is 0 Å². The molecule has 0 N–H and O–H groups in total. The summed E-state index contributed by atoms with van der Waals surface area (Å²) in [7, 11) is 0. The summed E-state index contributed by atoms with van der Waals surface area (Å²) < 4.78 is 5.86. The maximum atomic E-state index is 5.86. The molecule has 3 heterocycles. The van der Waals surface area contributed by atoms with Gasteiger partial charge in [0.05, 0.1) is 5.69 Å². The smallest absolute Gasteiger partial charge is 0.239 e. The van der Waals surface area contributed by atoms with E-state index in [1.54, 1.807) is 0 Å². The van der Waals surface area contributed by atoms with E-state index in [9.17, 15) is 0 Å². The van der Waals surface area contributed by atoms with Crippen molar-refractivity contribution in [1.82, 2.24) is 20.2 Å². The molecule has 0 fully saturated rings. The molecule has 6 nitrogen and oxygen atoms in total. The minimum Gasteiger partial charge on any atom is -0.423 e. The van der Waals surface area contributed by atoms with Gasteiger partial charge < -0.3 is 9.32 Å². The summed E-state index contributed by atoms with van der Waals surface area (Å²) >= 11 is 0. The fourth-order valence-electron chi connectivity index (χ4n) is 3.67. The zero-order chi connectivity index (χ0) is 20.8. The Bertz CT molecular complexity index is 1020. The topological polar surface area (TPSA) is 67.9 Å². The van der Waals surface area contributed by atoms with Gasteiger partial charge in [0.15, 0.2) is 0 Å². The Hall–Kier alpha value is -2.76. The molecule has 3 aromatic rings. The van der Waals surface area contributed by atoms with Crippen molar-refractivity contribution in [2.24, 2.45) is 0 Å². The van der Waals surface area contributed by atoms with E-state index in [1.165, 1.54) is 11.1 Å². The van der Waals surface area contributed by atoms with Crippen molar-refractivity contribution in [3.05, 3.63) is 64.8 Å². The number of fused-ring (bicyclic) bond motifs is 1. The number of rotatable bonds is 3. The summed E-state index contributed by atoms with van der Waals surface area (Å²) in [6, 6.07) is 10.6. The van der Waals surface area contributed by atoms with E-state index in [2.05, 4.69) is 80.0 Å². The lowest BCUT2D eigenvalue weighted by molar-refractivity contribution is 0.402. The largest absolute Gasteiger partial charge is 0.423 e. The van der Waals surface area contributed by atoms with Crippen molar-refractivity contribution in [2.75, 3.05) is 4.90 Å². The third-order valence-electron chi connectivity index (χ3n) is 5.38. The Labute approximate surface area is 172 Å². The van der Waals surface area contributed by atoms with Gasteiger partial charge in [0.25, 0.3) is 0 Å². The molecule has 0 bridgehead atoms. The number of aromatic nitrogens is 4. The Balaban J connectivity index is 1.85. The molecule has 6 heteroatoms. The molecule has 1 unspecified atom stereocenters. The third-order valence-corrected chi connectivity index (χ3v) is 5.38. The molecule has 1 aliphatic rings. The van der Waals surface area contributed by atoms with Crippen LogP contribution in [-0.2, 0) is 18.4 Å². The maximum absolute atomic E-state index is 5.86. The summed E-state index contributed by atoms with van der Waals surface area (Å²) in [5, 5.41) is 8.42. The number of anilines is 1. The first-order valence-corrected chi connectivity index (χ1v) is 10.3. The van der Waals surface area contributed by atoms with Crippen LogP contribution in [0.15, 0.2) is 34.7 Å². The van der Waals surface area contributed by atoms with E-state index in [0.29, 0.717) is 11.8 Å². The molecule has 2 aromatic heterocycles. The second kappa shape index (κ2) is 7.25. The minimum absolute atomic E-state index is 0.0474. The van der Waals surface area contributed by atoms with Crippen LogP contribution in [0.1, 0.15) is 81.0 Å². The second-order valence-electron chi connectivity index (χ2n) is 9.15. The van der Waals surface area contributed by atoms with Gasteiger partial charge in [-0.2, -0.15) is 0 Å². The molecule has 29 heavy (non-hydrogen) atoms. The lowest BCUT2D eigenvalue weighted by Gasteiger charge is -2.36. The van der Waals surface area contributed by atoms with Crippen molar-refractivity contribution < 1.29 is 4.42 Å². The molecule has 0 amide bonds. The van der Waals surface area contributed by atoms with E-state index in [0.717, 1.165) is 30.3 Å². The van der Waals surface area contributed by atoms with Gasteiger partial charge in [0, 0.05) is 37.3 Å². The number of aryl methyl sites for hydroxylation is 1. The predicted molar refractivity (Wildman–Crippen MR) is 113 cm³/mol. The van der Waals surface area contributed by atoms with E-state index < -0.39 is 0 Å². The number of hydrogen-bond donors (Lipinski definition) is 0. The van der Waals surface area contributed by atoms with Crippen LogP contribution < -0.4 is 4.90 Å². The number of benzene rings is 1. The first-order chi connectivity index (χ1) is 13.7. The van der Waals surface area contributed by atoms with Crippen molar-refractivity contribution in [3.8, 4) is 0 Å². The highest BCUT2D eigenvalue weighted by molar-refractivity contribution is 5.48. The fraction of sp³-hybridized carbons (Fsp3) is 0.478. The monoisotopic (exact) mass is 391 g/mol. The van der Waals surface area contributed by atoms with Crippen LogP contribution in [-0.4, -0.2) is 20.2 Å². The van der Waals surface area contributed by atoms with Crippen LogP contribution in [0.25, 0.3) is 0 Å². The van der Waals surface area contributed by atoms with Crippen molar-refractivity contribution in [2.45, 2.75) is 71.9 Å². The van der Waals surface area contributed by atoms with Gasteiger partial charge in [-0.15, -0.1) is 10.2 Å². The van der Waals surface area contributed by atoms with Crippen LogP contribution in [0.5, 0.6) is 0 Å². The van der Waals surface area contributed by atoms with Crippen LogP contribution in [0.3, 0.4) is 0 Å². The summed E-state index contributed by atoms with van der Waals surface area (Å²) in [4.78, 5) is 12.1. The van der Waals surface area contributed by atoms with E-state index in [1.807, 2.05) is 6.92 Å². The molecule has 0 spiro atoms. The van der Waals surface area contributed by atoms with Crippen molar-refractivity contribution in [1.29, 1.82) is 0 Å². The van der Waals surface area contributed by atoms with Crippen molar-refractivity contribution >= 4 is 5.82 Å². The predicted octanol–water partition coefficient (Wildman–Crippen LogP) is 4.89. The highest BCUT2D eigenvalue weighted by atomic mass is 16.4. The molecular formula is C23H29N5O. The molecule has 0 aliphatic carbocycles. The normalized spacial score (nSPS) is 16.9. The molecule has 152 valence electrons. The highest BCUT2D eigenvalue weighted by Gasteiger charge is 2.33. The van der Waals surface area contributed by atoms with E-state index >= 15 is 0 Å². The first kappa shape index (κ1) is 19.6. The SMILES string of the molecule is Cc1nnc(C2Cc3ccccc3CN2c2cc(C(C)(C)C)nc(C(C)C)n2)o1. The van der Waals surface area contributed by atoms with Gasteiger partial charge in [-0.05, 0) is 11.1 Å². The summed E-state index contributed by atoms with van der Waals surface area (Å²) in [6.07, 6.45) is 0.809. The molecule has 1 aromatic carbocycles. The van der Waals surface area contributed by atoms with Crippen LogP contribution >= 0.6 is 0 Å². The molecule has 1 atom stereocenters. The van der Waals surface area contributed by atoms with Gasteiger partial charge >= 0.3 is 0 Å². The summed E-state index contributed by atoms with van der Waals surface area (Å²) in [5.41, 5.74) is 3.61. The lowest BCUT2D eigenvalue weighted by Crippen LogP contribution is -2.35. The Kier molecular flexibility index (Phi) is 4.89. The van der Waals surface area contributed by atoms with Crippen LogP contribution in [0.4, 0.5) is 5.82 Å². The average Bonchev–Trinajstić information content (AvgIpc) is 3.12. The Morgan fingerprint density at radius 2 is 1.79 bits per heavy atom. The van der Waals surface area contributed by atoms with Gasteiger partial charge in [0.1, 0.15) is 17.7 Å². The van der Waals surface area contributed by atoms with Gasteiger partial charge in [-0.3, -0.25) is 0 Å². The Morgan fingerprint density at radius 1 is 1.07 bits per heavy atom. The molecule has 0 radical (unpaired) electrons. The Morgan fingerprint density at radius 3 is 2.41 bits per heavy atom. The van der Waals surface area contributed by atoms with Crippen LogP contribution in [0.2, 0.25) is 0 Å². The zero-order valence-corrected chi connectivity index (χ0v) is 18.1. The molecule has 1 aliphatic heterocycles. The molecule has 0 saturated carbocycles. The number of hydrogen-bond acceptors (Lipinski definition) is 6. The van der Waals surface area contributed by atoms with Gasteiger partial charge in [-0.1, -0.05) is 58.9 Å². The minimum atomic E-state index is -0.0639. The first-order valence-electron chi connectivity index (χ1n) is 10.3. The zero-order valence-electron chi connectivity index (χ0n) is 18.1. The lowest BCUT2D eigenvalue weighted by atomic mass is 9.90. The fourth-order valence-corrected chi connectivity index (χ4v) is 3.67. The van der Waals surface area contributed by atoms with E-state index in [-0.39, 0.29) is 17.4 Å². The van der Waals surface area contributed by atoms with Gasteiger partial charge in [0.2, 0.25) is 11.8 Å². The summed E-state index contributed by atoms with van der Waals surface area (Å²) in [6.45, 7) is 13.4. The highest BCUT2D eigenvalue weighted by Crippen LogP contribution is 2.37. The molecular weight excluding hydrogens is 362 g/mol. The molecule has 0 saturated heterocycles. The van der Waals surface area contributed by atoms with Crippen LogP contribution in [0, 0.1) is 6.92 Å². The second-order valence-corrected chi connectivity index (χ2v) is 9.15. The summed E-state index contributed by atoms with van der Waals surface area (Å²) in [5.74, 6) is 3.26. The molecule has 4 rings (SSSR count). The third kappa shape index (κ3) is 3.88. The maximum Gasteiger partial charge on any atom is 0.239 e. The standard InChI is InChI=1S/C23H29N5O/c1-14(2)21-24-19(23(4,5)6)12-20(25-21)28-13-17-10-8-7-9-16(17)11-18(28)22-27-26-15(3)29-22/h7-10,12,14,18H,11,13H2,1-6H3. The van der Waals surface area contributed by atoms with Gasteiger partial charge in [-0.25, -0.2) is 9.97 Å². The van der Waals surface area contributed by atoms with E-state index in [4.69, 9.17) is 14.4 Å².